The summed E-state index contributed by atoms with van der Waals surface area (Å²) in [6.45, 7) is 6.08. The summed E-state index contributed by atoms with van der Waals surface area (Å²) in [6, 6.07) is 20.0. The van der Waals surface area contributed by atoms with Crippen LogP contribution in [-0.2, 0) is 16.0 Å². The molecule has 4 aromatic rings. The summed E-state index contributed by atoms with van der Waals surface area (Å²) in [7, 11) is 0. The number of hydrogen-bond acceptors (Lipinski definition) is 5. The first kappa shape index (κ1) is 22.0. The van der Waals surface area contributed by atoms with Gasteiger partial charge in [0.05, 0.1) is 21.8 Å². The Morgan fingerprint density at radius 1 is 1.03 bits per heavy atom. The summed E-state index contributed by atoms with van der Waals surface area (Å²) in [5, 5.41) is 11.6. The number of Topliss-reactive ketones (excluding diaryl/α,β-unsaturated/α-hetero) is 1. The van der Waals surface area contributed by atoms with E-state index in [0.29, 0.717) is 10.7 Å². The van der Waals surface area contributed by atoms with Gasteiger partial charge in [-0.3, -0.25) is 14.5 Å². The van der Waals surface area contributed by atoms with E-state index in [1.54, 1.807) is 24.3 Å². The van der Waals surface area contributed by atoms with Crippen LogP contribution in [0.4, 0.5) is 5.13 Å². The van der Waals surface area contributed by atoms with Crippen molar-refractivity contribution < 1.29 is 14.7 Å². The maximum absolute atomic E-state index is 13.4. The number of anilines is 1. The Bertz CT molecular complexity index is 1450. The van der Waals surface area contributed by atoms with Crippen LogP contribution in [-0.4, -0.2) is 21.8 Å². The van der Waals surface area contributed by atoms with Crippen molar-refractivity contribution in [2.75, 3.05) is 4.90 Å². The fraction of sp³-hybridized carbons (Fsp3) is 0.179. The van der Waals surface area contributed by atoms with Crippen LogP contribution in [0.25, 0.3) is 16.0 Å². The molecule has 6 heteroatoms. The number of benzene rings is 3. The largest absolute Gasteiger partial charge is 0.507 e. The molecule has 1 unspecified atom stereocenters. The molecule has 1 atom stereocenters. The molecule has 2 heterocycles. The maximum atomic E-state index is 13.4. The zero-order chi connectivity index (χ0) is 24.0. The predicted octanol–water partition coefficient (Wildman–Crippen LogP) is 6.10. The molecule has 1 aliphatic heterocycles. The summed E-state index contributed by atoms with van der Waals surface area (Å²) in [6.07, 6.45) is 0.876. The number of rotatable bonds is 4. The number of nitrogens with zero attached hydrogens (tertiary/aromatic N) is 2. The highest BCUT2D eigenvalue weighted by atomic mass is 32.1. The van der Waals surface area contributed by atoms with Crippen LogP contribution in [0.3, 0.4) is 0 Å². The van der Waals surface area contributed by atoms with Crippen LogP contribution in [0, 0.1) is 13.8 Å². The molecular formula is C28H24N2O3S. The summed E-state index contributed by atoms with van der Waals surface area (Å²) in [5.41, 5.74) is 5.41. The minimum absolute atomic E-state index is 0.0765. The smallest absolute Gasteiger partial charge is 0.301 e. The summed E-state index contributed by atoms with van der Waals surface area (Å²) in [5.74, 6) is -1.58. The molecule has 1 aliphatic rings. The number of ketones is 1. The molecule has 1 amide bonds. The lowest BCUT2D eigenvalue weighted by Gasteiger charge is -2.23. The first-order valence-corrected chi connectivity index (χ1v) is 12.0. The SMILES string of the molecule is CCc1ccc(C2/C(=C(\O)c3ccccc3)C(=O)C(=O)N2c2nc3c(C)cc(C)cc3s2)cc1. The average Bonchev–Trinajstić information content (AvgIpc) is 3.38. The number of amides is 1. The fourth-order valence-corrected chi connectivity index (χ4v) is 5.66. The molecule has 170 valence electrons. The monoisotopic (exact) mass is 468 g/mol. The molecule has 1 saturated heterocycles. The van der Waals surface area contributed by atoms with Crippen molar-refractivity contribution >= 4 is 44.1 Å². The average molecular weight is 469 g/mol. The molecule has 0 aliphatic carbocycles. The van der Waals surface area contributed by atoms with Gasteiger partial charge < -0.3 is 5.11 Å². The van der Waals surface area contributed by atoms with Gasteiger partial charge in [0.15, 0.2) is 5.13 Å². The highest BCUT2D eigenvalue weighted by Gasteiger charge is 2.48. The number of thiazole rings is 1. The van der Waals surface area contributed by atoms with Crippen LogP contribution >= 0.6 is 11.3 Å². The van der Waals surface area contributed by atoms with Crippen LogP contribution in [0.5, 0.6) is 0 Å². The van der Waals surface area contributed by atoms with E-state index in [2.05, 4.69) is 13.0 Å². The Morgan fingerprint density at radius 3 is 2.41 bits per heavy atom. The lowest BCUT2D eigenvalue weighted by Crippen LogP contribution is -2.29. The first-order chi connectivity index (χ1) is 16.4. The van der Waals surface area contributed by atoms with Crippen LogP contribution < -0.4 is 4.90 Å². The molecule has 5 rings (SSSR count). The summed E-state index contributed by atoms with van der Waals surface area (Å²) in [4.78, 5) is 32.9. The van der Waals surface area contributed by atoms with Gasteiger partial charge in [0.1, 0.15) is 5.76 Å². The van der Waals surface area contributed by atoms with Gasteiger partial charge in [-0.1, -0.05) is 78.9 Å². The molecule has 1 aromatic heterocycles. The van der Waals surface area contributed by atoms with Crippen molar-refractivity contribution in [3.05, 3.63) is 100 Å². The van der Waals surface area contributed by atoms with Gasteiger partial charge >= 0.3 is 5.91 Å². The second-order valence-electron chi connectivity index (χ2n) is 8.56. The predicted molar refractivity (Wildman–Crippen MR) is 136 cm³/mol. The minimum atomic E-state index is -0.770. The number of carbonyl (C=O) groups excluding carboxylic acids is 2. The molecule has 0 radical (unpaired) electrons. The number of fused-ring (bicyclic) bond motifs is 1. The Hall–Kier alpha value is -3.77. The zero-order valence-electron chi connectivity index (χ0n) is 19.2. The second-order valence-corrected chi connectivity index (χ2v) is 9.56. The fourth-order valence-electron chi connectivity index (χ4n) is 4.49. The quantitative estimate of drug-likeness (QED) is 0.223. The maximum Gasteiger partial charge on any atom is 0.301 e. The molecule has 5 nitrogen and oxygen atoms in total. The van der Waals surface area contributed by atoms with E-state index in [1.165, 1.54) is 16.2 Å². The standard InChI is InChI=1S/C28H24N2O3S/c1-4-18-10-12-19(13-11-18)24-22(25(31)20-8-6-5-7-9-20)26(32)27(33)30(24)28-29-23-17(3)14-16(2)15-21(23)34-28/h5-15,24,31H,4H2,1-3H3/b25-22+. The van der Waals surface area contributed by atoms with Gasteiger partial charge in [0.2, 0.25) is 0 Å². The Morgan fingerprint density at radius 2 is 1.74 bits per heavy atom. The lowest BCUT2D eigenvalue weighted by atomic mass is 9.94. The highest BCUT2D eigenvalue weighted by Crippen LogP contribution is 2.44. The third-order valence-electron chi connectivity index (χ3n) is 6.22. The number of aliphatic hydroxyl groups is 1. The van der Waals surface area contributed by atoms with Crippen LogP contribution in [0.1, 0.15) is 40.8 Å². The lowest BCUT2D eigenvalue weighted by molar-refractivity contribution is -0.132. The topological polar surface area (TPSA) is 70.5 Å². The number of aliphatic hydroxyl groups excluding tert-OH is 1. The Kier molecular flexibility index (Phi) is 5.54. The van der Waals surface area contributed by atoms with Crippen LogP contribution in [0.2, 0.25) is 0 Å². The molecular weight excluding hydrogens is 444 g/mol. The zero-order valence-corrected chi connectivity index (χ0v) is 20.0. The normalized spacial score (nSPS) is 17.6. The summed E-state index contributed by atoms with van der Waals surface area (Å²) < 4.78 is 0.956. The van der Waals surface area contributed by atoms with Crippen molar-refractivity contribution in [3.8, 4) is 0 Å². The van der Waals surface area contributed by atoms with E-state index in [-0.39, 0.29) is 11.3 Å². The van der Waals surface area contributed by atoms with Crippen LogP contribution in [0.15, 0.2) is 72.3 Å². The van der Waals surface area contributed by atoms with Crippen molar-refractivity contribution in [1.29, 1.82) is 0 Å². The molecule has 1 N–H and O–H groups in total. The van der Waals surface area contributed by atoms with Gasteiger partial charge in [-0.2, -0.15) is 0 Å². The van der Waals surface area contributed by atoms with E-state index in [1.807, 2.05) is 50.2 Å². The number of hydrogen-bond donors (Lipinski definition) is 1. The highest BCUT2D eigenvalue weighted by molar-refractivity contribution is 7.22. The molecule has 34 heavy (non-hydrogen) atoms. The van der Waals surface area contributed by atoms with Crippen molar-refractivity contribution in [1.82, 2.24) is 4.98 Å². The molecule has 0 bridgehead atoms. The van der Waals surface area contributed by atoms with Crippen molar-refractivity contribution in [3.63, 3.8) is 0 Å². The molecule has 1 fully saturated rings. The van der Waals surface area contributed by atoms with Gasteiger partial charge in [0.25, 0.3) is 5.78 Å². The second kappa shape index (κ2) is 8.54. The molecule has 0 saturated carbocycles. The minimum Gasteiger partial charge on any atom is -0.507 e. The third-order valence-corrected chi connectivity index (χ3v) is 7.22. The third kappa shape index (κ3) is 3.60. The van der Waals surface area contributed by atoms with Gasteiger partial charge in [0, 0.05) is 5.56 Å². The number of aryl methyl sites for hydroxylation is 3. The van der Waals surface area contributed by atoms with E-state index in [9.17, 15) is 14.7 Å². The molecule has 3 aromatic carbocycles. The van der Waals surface area contributed by atoms with Crippen molar-refractivity contribution in [2.45, 2.75) is 33.2 Å². The van der Waals surface area contributed by atoms with E-state index in [4.69, 9.17) is 4.98 Å². The Labute approximate surface area is 202 Å². The van der Waals surface area contributed by atoms with E-state index >= 15 is 0 Å². The van der Waals surface area contributed by atoms with E-state index < -0.39 is 17.7 Å². The van der Waals surface area contributed by atoms with Gasteiger partial charge in [-0.05, 0) is 48.6 Å². The van der Waals surface area contributed by atoms with Crippen molar-refractivity contribution in [2.24, 2.45) is 0 Å². The van der Waals surface area contributed by atoms with E-state index in [0.717, 1.165) is 38.9 Å². The summed E-state index contributed by atoms with van der Waals surface area (Å²) >= 11 is 1.38. The Balaban J connectivity index is 1.74. The number of aromatic nitrogens is 1. The first-order valence-electron chi connectivity index (χ1n) is 11.2. The molecule has 0 spiro atoms. The van der Waals surface area contributed by atoms with Gasteiger partial charge in [-0.25, -0.2) is 4.98 Å². The number of carbonyl (C=O) groups is 2. The van der Waals surface area contributed by atoms with Gasteiger partial charge in [-0.15, -0.1) is 0 Å².